The summed E-state index contributed by atoms with van der Waals surface area (Å²) in [7, 11) is -15.8. The average Bonchev–Trinajstić information content (AvgIpc) is 3.21. The molecule has 0 aliphatic heterocycles. The van der Waals surface area contributed by atoms with Crippen LogP contribution in [0, 0.1) is 0 Å². The maximum atomic E-state index is 13.7. The summed E-state index contributed by atoms with van der Waals surface area (Å²) in [4.78, 5) is 46.5. The number of hydrazone groups is 2. The number of amides is 1. The number of hydrogen-bond acceptors (Lipinski definition) is 22. The van der Waals surface area contributed by atoms with Crippen LogP contribution in [0.2, 0.25) is 0 Å². The molecule has 6 rings (SSSR count). The van der Waals surface area contributed by atoms with Crippen molar-refractivity contribution >= 4 is 105 Å². The Morgan fingerprint density at radius 3 is 1.78 bits per heavy atom. The topological polar surface area (TPSA) is 387 Å². The van der Waals surface area contributed by atoms with Gasteiger partial charge in [0.1, 0.15) is 47.5 Å². The standard InChI is InChI=1S/C37H29N9O14S3.4Na/c38-33-32-20(16-30(63(58,59)60)35(36(32)50)46-43-24-9-12-26(13-10-24)61(52,53)54)15-29(62(55,56)57)34(33)45-42-22-3-1-19(2-4-22)37(51)40-21-5-7-23(8-6-21)41-44-27-14-11-25(17-28(27)47)39-18-31(48)49;;;;/h1-17,39,41,43H,18,38H2,(H,40,51)(H,48,49)(H,52,53,54)(H,55,56,57)(H,58,59,60);;;;/q;4*+1/p-4/b44-27-,45-42?,46-35+;;;;. The summed E-state index contributed by atoms with van der Waals surface area (Å²) in [6.45, 7) is -0.481. The Balaban J connectivity index is 0.00000385. The second-order valence-corrected chi connectivity index (χ2v) is 16.9. The molecule has 324 valence electrons. The van der Waals surface area contributed by atoms with Gasteiger partial charge in [-0.05, 0) is 103 Å². The number of aliphatic carboxylic acids is 1. The number of azo groups is 1. The second kappa shape index (κ2) is 24.7. The van der Waals surface area contributed by atoms with E-state index in [1.807, 2.05) is 0 Å². The number of nitrogen functional groups attached to an aromatic ring is 1. The molecule has 0 saturated heterocycles. The van der Waals surface area contributed by atoms with Crippen LogP contribution in [0.15, 0.2) is 138 Å². The van der Waals surface area contributed by atoms with Gasteiger partial charge >= 0.3 is 118 Å². The van der Waals surface area contributed by atoms with E-state index in [1.54, 1.807) is 12.1 Å². The summed E-state index contributed by atoms with van der Waals surface area (Å²) >= 11 is 0. The smallest absolute Gasteiger partial charge is 0.744 e. The van der Waals surface area contributed by atoms with Crippen LogP contribution in [0.25, 0.3) is 6.08 Å². The summed E-state index contributed by atoms with van der Waals surface area (Å²) in [5.74, 6) is -3.74. The van der Waals surface area contributed by atoms with E-state index in [1.165, 1.54) is 54.6 Å². The molecule has 23 nitrogen and oxygen atoms in total. The fraction of sp³-hybridized carbons (Fsp3) is 0.0270. The SMILES string of the molecule is Nc1c(N=Nc2ccc(C(=O)Nc3ccc(N/N=C4/C=CC(NCC(=O)[O-])=CC4=O)cc3)cc2)c(S(=O)(=O)[O-])cc2c1C(=O)/C(=N/Nc1ccc(S(=O)(=O)[O-])cc1)C(S(=O)(=O)[O-])=C2.[Na+].[Na+].[Na+].[Na+]. The van der Waals surface area contributed by atoms with Gasteiger partial charge in [-0.15, -0.1) is 5.11 Å². The number of hydrogen-bond donors (Lipinski definition) is 5. The Hall–Kier alpha value is -3.75. The van der Waals surface area contributed by atoms with E-state index in [0.29, 0.717) is 23.5 Å². The second-order valence-electron chi connectivity index (χ2n) is 12.8. The number of fused-ring (bicyclic) bond motifs is 1. The van der Waals surface area contributed by atoms with Crippen molar-refractivity contribution in [3.63, 3.8) is 0 Å². The number of nitrogens with two attached hydrogens (primary N) is 1. The molecule has 4 aromatic rings. The third-order valence-electron chi connectivity index (χ3n) is 8.51. The van der Waals surface area contributed by atoms with Gasteiger partial charge in [-0.1, -0.05) is 0 Å². The van der Waals surface area contributed by atoms with Crippen LogP contribution in [0.5, 0.6) is 0 Å². The maximum Gasteiger partial charge on any atom is 1.00 e. The van der Waals surface area contributed by atoms with Crippen LogP contribution >= 0.6 is 0 Å². The Kier molecular flexibility index (Phi) is 21.9. The number of carbonyl (C=O) groups excluding carboxylic acids is 4. The summed E-state index contributed by atoms with van der Waals surface area (Å²) in [6.07, 6.45) is 4.58. The van der Waals surface area contributed by atoms with E-state index in [2.05, 4.69) is 41.9 Å². The monoisotopic (exact) mass is 1010 g/mol. The Labute approximate surface area is 469 Å². The van der Waals surface area contributed by atoms with Gasteiger partial charge in [0.2, 0.25) is 11.6 Å². The van der Waals surface area contributed by atoms with Gasteiger partial charge in [-0.3, -0.25) is 25.2 Å². The Morgan fingerprint density at radius 2 is 1.24 bits per heavy atom. The number of benzene rings is 4. The Bertz CT molecular complexity index is 3150. The minimum atomic E-state index is -5.51. The van der Waals surface area contributed by atoms with Crippen molar-refractivity contribution in [3.05, 3.63) is 124 Å². The van der Waals surface area contributed by atoms with Crippen molar-refractivity contribution in [2.45, 2.75) is 9.79 Å². The number of nitrogens with one attached hydrogen (secondary N) is 4. The third kappa shape index (κ3) is 15.4. The fourth-order valence-corrected chi connectivity index (χ4v) is 7.31. The van der Waals surface area contributed by atoms with Crippen LogP contribution < -0.4 is 151 Å². The van der Waals surface area contributed by atoms with Crippen LogP contribution in [0.1, 0.15) is 26.3 Å². The third-order valence-corrected chi connectivity index (χ3v) is 11.1. The van der Waals surface area contributed by atoms with Crippen molar-refractivity contribution in [2.24, 2.45) is 20.4 Å². The van der Waals surface area contributed by atoms with Crippen LogP contribution in [-0.4, -0.2) is 80.3 Å². The molecule has 0 atom stereocenters. The molecule has 67 heavy (non-hydrogen) atoms. The van der Waals surface area contributed by atoms with Crippen LogP contribution in [0.3, 0.4) is 0 Å². The van der Waals surface area contributed by atoms with E-state index in [4.69, 9.17) is 5.73 Å². The number of allylic oxidation sites excluding steroid dienone is 4. The molecule has 0 saturated carbocycles. The molecule has 0 fully saturated rings. The first kappa shape index (κ1) is 59.4. The first-order valence-electron chi connectivity index (χ1n) is 17.3. The number of nitrogens with zero attached hydrogens (tertiary/aromatic N) is 4. The van der Waals surface area contributed by atoms with Gasteiger partial charge < -0.3 is 39.9 Å². The number of carboxylic acids is 1. The zero-order valence-electron chi connectivity index (χ0n) is 35.3. The van der Waals surface area contributed by atoms with Crippen molar-refractivity contribution in [3.8, 4) is 0 Å². The van der Waals surface area contributed by atoms with Gasteiger partial charge in [-0.25, -0.2) is 25.3 Å². The first-order valence-corrected chi connectivity index (χ1v) is 21.5. The molecule has 0 heterocycles. The normalized spacial score (nSPS) is 14.6. The number of carboxylic acid groups (broad SMARTS) is 1. The molecule has 6 N–H and O–H groups in total. The molecule has 1 amide bonds. The molecule has 0 aromatic heterocycles. The molecule has 2 aliphatic carbocycles. The van der Waals surface area contributed by atoms with E-state index in [9.17, 15) is 63.2 Å². The molecule has 0 radical (unpaired) electrons. The van der Waals surface area contributed by atoms with Gasteiger partial charge in [0, 0.05) is 23.0 Å². The summed E-state index contributed by atoms with van der Waals surface area (Å²) in [5.41, 5.74) is 8.48. The van der Waals surface area contributed by atoms with E-state index < -0.39 is 103 Å². The van der Waals surface area contributed by atoms with Crippen LogP contribution in [-0.2, 0) is 39.9 Å². The quantitative estimate of drug-likeness (QED) is 0.0196. The predicted molar refractivity (Wildman–Crippen MR) is 218 cm³/mol. The van der Waals surface area contributed by atoms with E-state index in [-0.39, 0.29) is 147 Å². The molecule has 4 aromatic carbocycles. The van der Waals surface area contributed by atoms with Gasteiger partial charge in [0.05, 0.1) is 55.5 Å². The first-order chi connectivity index (χ1) is 29.6. The molecular weight excluding hydrogens is 983 g/mol. The zero-order chi connectivity index (χ0) is 45.9. The summed E-state index contributed by atoms with van der Waals surface area (Å²) < 4.78 is 107. The number of anilines is 4. The molecule has 0 spiro atoms. The molecular formula is C37H25N9Na4O14S3. The molecule has 2 aliphatic rings. The summed E-state index contributed by atoms with van der Waals surface area (Å²) in [6, 6.07) is 15.8. The van der Waals surface area contributed by atoms with Crippen molar-refractivity contribution in [1.82, 2.24) is 5.32 Å². The predicted octanol–water partition coefficient (Wildman–Crippen LogP) is -10.6. The number of carbonyl (C=O) groups is 4. The summed E-state index contributed by atoms with van der Waals surface area (Å²) in [5, 5.41) is 31.2. The molecule has 0 unspecified atom stereocenters. The number of rotatable bonds is 14. The fourth-order valence-electron chi connectivity index (χ4n) is 5.54. The zero-order valence-corrected chi connectivity index (χ0v) is 45.8. The van der Waals surface area contributed by atoms with Crippen molar-refractivity contribution in [1.29, 1.82) is 0 Å². The largest absolute Gasteiger partial charge is 1.00 e. The molecule has 0 bridgehead atoms. The van der Waals surface area contributed by atoms with Gasteiger partial charge in [0.25, 0.3) is 5.91 Å². The van der Waals surface area contributed by atoms with Crippen molar-refractivity contribution in [2.75, 3.05) is 28.4 Å². The minimum absolute atomic E-state index is 0. The Morgan fingerprint density at radius 1 is 0.672 bits per heavy atom. The average molecular weight is 1010 g/mol. The number of Topliss-reactive ketones (excluding diaryl/α,β-unsaturated/α-hetero) is 1. The number of ketones is 2. The van der Waals surface area contributed by atoms with E-state index >= 15 is 0 Å². The van der Waals surface area contributed by atoms with Gasteiger partial charge in [0.15, 0.2) is 0 Å². The van der Waals surface area contributed by atoms with Crippen molar-refractivity contribution < 1.29 is 181 Å². The minimum Gasteiger partial charge on any atom is -0.744 e. The molecule has 30 heteroatoms. The van der Waals surface area contributed by atoms with Gasteiger partial charge in [-0.2, -0.15) is 15.3 Å². The maximum absolute atomic E-state index is 13.7. The van der Waals surface area contributed by atoms with E-state index in [0.717, 1.165) is 24.3 Å². The van der Waals surface area contributed by atoms with Crippen LogP contribution in [0.4, 0.5) is 34.1 Å².